The smallest absolute Gasteiger partial charge is 0.111 e. The number of nitrogens with two attached hydrogens (primary N) is 1. The zero-order chi connectivity index (χ0) is 14.0. The number of imidazole rings is 1. The van der Waals surface area contributed by atoms with Crippen LogP contribution < -0.4 is 5.73 Å². The van der Waals surface area contributed by atoms with Gasteiger partial charge in [-0.1, -0.05) is 43.7 Å². The second kappa shape index (κ2) is 5.57. The van der Waals surface area contributed by atoms with E-state index in [0.29, 0.717) is 5.92 Å². The minimum Gasteiger partial charge on any atom is -0.326 e. The van der Waals surface area contributed by atoms with Crippen molar-refractivity contribution >= 4 is 0 Å². The fourth-order valence-electron chi connectivity index (χ4n) is 2.49. The monoisotopic (exact) mass is 257 g/mol. The lowest BCUT2D eigenvalue weighted by atomic mass is 9.99. The number of benzene rings is 1. The SMILES string of the molecule is Cc1ccc(C(C(C)N)n2ccnc2C(C)C)cc1. The average molecular weight is 257 g/mol. The van der Waals surface area contributed by atoms with Crippen LogP contribution in [0.4, 0.5) is 0 Å². The highest BCUT2D eigenvalue weighted by atomic mass is 15.1. The van der Waals surface area contributed by atoms with Gasteiger partial charge in [-0.3, -0.25) is 0 Å². The van der Waals surface area contributed by atoms with Crippen LogP contribution in [0.2, 0.25) is 0 Å². The molecule has 2 rings (SSSR count). The van der Waals surface area contributed by atoms with Gasteiger partial charge in [-0.2, -0.15) is 0 Å². The predicted octanol–water partition coefficient (Wildman–Crippen LogP) is 3.25. The number of rotatable bonds is 4. The van der Waals surface area contributed by atoms with Gasteiger partial charge in [0.2, 0.25) is 0 Å². The van der Waals surface area contributed by atoms with E-state index >= 15 is 0 Å². The van der Waals surface area contributed by atoms with E-state index < -0.39 is 0 Å². The molecule has 0 aliphatic carbocycles. The molecule has 0 amide bonds. The predicted molar refractivity (Wildman–Crippen MR) is 79.3 cm³/mol. The van der Waals surface area contributed by atoms with Gasteiger partial charge in [0.05, 0.1) is 6.04 Å². The number of aryl methyl sites for hydroxylation is 1. The zero-order valence-corrected chi connectivity index (χ0v) is 12.2. The van der Waals surface area contributed by atoms with Crippen LogP contribution in [0.15, 0.2) is 36.7 Å². The molecular formula is C16H23N3. The molecule has 0 aliphatic heterocycles. The normalized spacial score (nSPS) is 14.6. The van der Waals surface area contributed by atoms with Crippen molar-refractivity contribution in [1.82, 2.24) is 9.55 Å². The van der Waals surface area contributed by atoms with Gasteiger partial charge >= 0.3 is 0 Å². The first-order chi connectivity index (χ1) is 9.00. The van der Waals surface area contributed by atoms with Crippen LogP contribution in [-0.4, -0.2) is 15.6 Å². The van der Waals surface area contributed by atoms with E-state index in [4.69, 9.17) is 5.73 Å². The summed E-state index contributed by atoms with van der Waals surface area (Å²) in [6, 6.07) is 8.77. The number of hydrogen-bond donors (Lipinski definition) is 1. The Morgan fingerprint density at radius 3 is 2.26 bits per heavy atom. The molecule has 0 saturated heterocycles. The van der Waals surface area contributed by atoms with Crippen LogP contribution in [-0.2, 0) is 0 Å². The molecule has 2 unspecified atom stereocenters. The molecule has 2 aromatic rings. The first kappa shape index (κ1) is 13.8. The number of nitrogens with zero attached hydrogens (tertiary/aromatic N) is 2. The van der Waals surface area contributed by atoms with Gasteiger partial charge < -0.3 is 10.3 Å². The van der Waals surface area contributed by atoms with Crippen molar-refractivity contribution in [3.8, 4) is 0 Å². The van der Waals surface area contributed by atoms with Crippen molar-refractivity contribution in [1.29, 1.82) is 0 Å². The van der Waals surface area contributed by atoms with E-state index in [1.165, 1.54) is 11.1 Å². The van der Waals surface area contributed by atoms with Crippen LogP contribution >= 0.6 is 0 Å². The van der Waals surface area contributed by atoms with Crippen molar-refractivity contribution in [3.63, 3.8) is 0 Å². The molecule has 19 heavy (non-hydrogen) atoms. The van der Waals surface area contributed by atoms with Crippen molar-refractivity contribution in [2.75, 3.05) is 0 Å². The van der Waals surface area contributed by atoms with Crippen molar-refractivity contribution in [2.45, 2.75) is 45.7 Å². The molecule has 0 aliphatic rings. The molecule has 0 saturated carbocycles. The molecule has 2 atom stereocenters. The Hall–Kier alpha value is -1.61. The number of aromatic nitrogens is 2. The van der Waals surface area contributed by atoms with Crippen LogP contribution in [0.5, 0.6) is 0 Å². The largest absolute Gasteiger partial charge is 0.326 e. The Morgan fingerprint density at radius 2 is 1.74 bits per heavy atom. The zero-order valence-electron chi connectivity index (χ0n) is 12.2. The molecule has 3 heteroatoms. The second-order valence-corrected chi connectivity index (χ2v) is 5.56. The first-order valence-corrected chi connectivity index (χ1v) is 6.85. The quantitative estimate of drug-likeness (QED) is 0.913. The van der Waals surface area contributed by atoms with Gasteiger partial charge in [-0.15, -0.1) is 0 Å². The summed E-state index contributed by atoms with van der Waals surface area (Å²) in [5.74, 6) is 1.48. The maximum absolute atomic E-state index is 6.22. The topological polar surface area (TPSA) is 43.8 Å². The summed E-state index contributed by atoms with van der Waals surface area (Å²) in [6.07, 6.45) is 3.89. The van der Waals surface area contributed by atoms with Crippen LogP contribution in [0.3, 0.4) is 0 Å². The van der Waals surface area contributed by atoms with E-state index in [-0.39, 0.29) is 12.1 Å². The summed E-state index contributed by atoms with van der Waals surface area (Å²) < 4.78 is 2.21. The van der Waals surface area contributed by atoms with E-state index in [2.05, 4.69) is 61.5 Å². The van der Waals surface area contributed by atoms with E-state index in [9.17, 15) is 0 Å². The standard InChI is InChI=1S/C16H23N3/c1-11(2)16-18-9-10-19(16)15(13(4)17)14-7-5-12(3)6-8-14/h5-11,13,15H,17H2,1-4H3. The Labute approximate surface area is 115 Å². The third-order valence-corrected chi connectivity index (χ3v) is 3.43. The van der Waals surface area contributed by atoms with Crippen molar-refractivity contribution in [2.24, 2.45) is 5.73 Å². The van der Waals surface area contributed by atoms with Gasteiger partial charge in [0.25, 0.3) is 0 Å². The van der Waals surface area contributed by atoms with Gasteiger partial charge in [-0.25, -0.2) is 4.98 Å². The first-order valence-electron chi connectivity index (χ1n) is 6.85. The second-order valence-electron chi connectivity index (χ2n) is 5.56. The molecule has 0 bridgehead atoms. The highest BCUT2D eigenvalue weighted by molar-refractivity contribution is 5.26. The maximum Gasteiger partial charge on any atom is 0.111 e. The van der Waals surface area contributed by atoms with Crippen LogP contribution in [0, 0.1) is 6.92 Å². The Balaban J connectivity index is 2.46. The third kappa shape index (κ3) is 2.87. The minimum absolute atomic E-state index is 0.0365. The molecule has 0 radical (unpaired) electrons. The summed E-state index contributed by atoms with van der Waals surface area (Å²) in [7, 11) is 0. The summed E-state index contributed by atoms with van der Waals surface area (Å²) in [5, 5.41) is 0. The minimum atomic E-state index is 0.0365. The fourth-order valence-corrected chi connectivity index (χ4v) is 2.49. The summed E-state index contributed by atoms with van der Waals surface area (Å²) in [4.78, 5) is 4.47. The average Bonchev–Trinajstić information content (AvgIpc) is 2.80. The molecule has 0 spiro atoms. The van der Waals surface area contributed by atoms with Gasteiger partial charge in [0, 0.05) is 24.4 Å². The summed E-state index contributed by atoms with van der Waals surface area (Å²) in [5.41, 5.74) is 8.72. The molecule has 1 heterocycles. The third-order valence-electron chi connectivity index (χ3n) is 3.43. The molecular weight excluding hydrogens is 234 g/mol. The Morgan fingerprint density at radius 1 is 1.11 bits per heavy atom. The lowest BCUT2D eigenvalue weighted by molar-refractivity contribution is 0.471. The lowest BCUT2D eigenvalue weighted by Gasteiger charge is -2.26. The molecule has 1 aromatic carbocycles. The van der Waals surface area contributed by atoms with E-state index in [0.717, 1.165) is 5.82 Å². The van der Waals surface area contributed by atoms with Gasteiger partial charge in [-0.05, 0) is 19.4 Å². The highest BCUT2D eigenvalue weighted by Crippen LogP contribution is 2.25. The molecule has 0 fully saturated rings. The number of hydrogen-bond acceptors (Lipinski definition) is 2. The van der Waals surface area contributed by atoms with Crippen molar-refractivity contribution in [3.05, 3.63) is 53.6 Å². The highest BCUT2D eigenvalue weighted by Gasteiger charge is 2.21. The Kier molecular flexibility index (Phi) is 4.05. The van der Waals surface area contributed by atoms with Gasteiger partial charge in [0.15, 0.2) is 0 Å². The van der Waals surface area contributed by atoms with E-state index in [1.807, 2.05) is 12.4 Å². The molecule has 2 N–H and O–H groups in total. The summed E-state index contributed by atoms with van der Waals surface area (Å²) in [6.45, 7) is 8.47. The molecule has 3 nitrogen and oxygen atoms in total. The van der Waals surface area contributed by atoms with Gasteiger partial charge in [0.1, 0.15) is 5.82 Å². The van der Waals surface area contributed by atoms with E-state index in [1.54, 1.807) is 0 Å². The Bertz CT molecular complexity index is 523. The van der Waals surface area contributed by atoms with Crippen LogP contribution in [0.25, 0.3) is 0 Å². The molecule has 1 aromatic heterocycles. The fraction of sp³-hybridized carbons (Fsp3) is 0.438. The van der Waals surface area contributed by atoms with Crippen LogP contribution in [0.1, 0.15) is 49.7 Å². The lowest BCUT2D eigenvalue weighted by Crippen LogP contribution is -2.31. The van der Waals surface area contributed by atoms with Crippen molar-refractivity contribution < 1.29 is 0 Å². The maximum atomic E-state index is 6.22. The molecule has 102 valence electrons. The summed E-state index contributed by atoms with van der Waals surface area (Å²) >= 11 is 0.